The van der Waals surface area contributed by atoms with Crippen molar-refractivity contribution in [2.75, 3.05) is 9.71 Å². The number of hydrogen-bond donors (Lipinski definition) is 0. The van der Waals surface area contributed by atoms with Gasteiger partial charge in [0.25, 0.3) is 0 Å². The van der Waals surface area contributed by atoms with Crippen LogP contribution in [0.5, 0.6) is 0 Å². The second kappa shape index (κ2) is 10.9. The van der Waals surface area contributed by atoms with Crippen LogP contribution in [0.1, 0.15) is 96.4 Å². The van der Waals surface area contributed by atoms with E-state index in [0.717, 1.165) is 17.6 Å². The van der Waals surface area contributed by atoms with E-state index >= 15 is 0 Å². The summed E-state index contributed by atoms with van der Waals surface area (Å²) in [6.45, 7) is 17.1. The van der Waals surface area contributed by atoms with Gasteiger partial charge in [-0.25, -0.2) is 0 Å². The number of furan rings is 1. The molecular weight excluding hydrogens is 715 g/mol. The molecule has 2 aliphatic carbocycles. The van der Waals surface area contributed by atoms with Gasteiger partial charge in [-0.2, -0.15) is 0 Å². The standard InChI is InChI=1S/C55H49BN2O/c1-52(2,3)34-28-44-49-45(29-34)56-48-40(31-41-38-19-11-13-21-47(38)59-51(41)50(48)57(49)55(7)25-15-14-24-54(44,55)6)39-26-32-16-8-9-17-33(32)27-46(39)58(56)35-22-23-37-36-18-10-12-20-42(36)53(4,5)43(37)30-35/h8-13,16-23,26-31H,14-15,24-25H2,1-7H3. The van der Waals surface area contributed by atoms with E-state index < -0.39 is 0 Å². The number of para-hydroxylation sites is 1. The third-order valence-electron chi connectivity index (χ3n) is 16.1. The summed E-state index contributed by atoms with van der Waals surface area (Å²) in [5, 5.41) is 4.93. The molecule has 13 rings (SSSR count). The monoisotopic (exact) mass is 764 g/mol. The summed E-state index contributed by atoms with van der Waals surface area (Å²) in [6.07, 6.45) is 4.80. The lowest BCUT2D eigenvalue weighted by Crippen LogP contribution is -2.64. The molecule has 3 aliphatic heterocycles. The Kier molecular flexibility index (Phi) is 6.31. The fourth-order valence-electron chi connectivity index (χ4n) is 12.8. The van der Waals surface area contributed by atoms with Crippen molar-refractivity contribution in [2.24, 2.45) is 0 Å². The van der Waals surface area contributed by atoms with Crippen molar-refractivity contribution in [3.05, 3.63) is 144 Å². The van der Waals surface area contributed by atoms with Gasteiger partial charge >= 0.3 is 6.85 Å². The molecule has 0 spiro atoms. The van der Waals surface area contributed by atoms with Crippen molar-refractivity contribution in [1.82, 2.24) is 0 Å². The largest absolute Gasteiger partial charge is 0.454 e. The fraction of sp³-hybridized carbons (Fsp3) is 0.273. The number of hydrogen-bond acceptors (Lipinski definition) is 3. The van der Waals surface area contributed by atoms with Gasteiger partial charge in [0.1, 0.15) is 5.58 Å². The summed E-state index contributed by atoms with van der Waals surface area (Å²) >= 11 is 0. The third-order valence-corrected chi connectivity index (χ3v) is 16.1. The topological polar surface area (TPSA) is 19.6 Å². The molecule has 1 saturated carbocycles. The van der Waals surface area contributed by atoms with Crippen LogP contribution in [0.15, 0.2) is 126 Å². The molecule has 8 aromatic rings. The van der Waals surface area contributed by atoms with E-state index in [1.54, 1.807) is 0 Å². The van der Waals surface area contributed by atoms with E-state index in [-0.39, 0.29) is 28.6 Å². The predicted molar refractivity (Wildman–Crippen MR) is 249 cm³/mol. The summed E-state index contributed by atoms with van der Waals surface area (Å²) < 4.78 is 7.19. The molecule has 0 radical (unpaired) electrons. The highest BCUT2D eigenvalue weighted by Gasteiger charge is 2.62. The molecule has 0 amide bonds. The SMILES string of the molecule is CC(C)(C)c1cc2c3c(c1)C1(C)CCCCC1(C)N3c1c3c(cc4c1oc1ccccc14)-c1cc4ccccc4cc1N(c1ccc4c(c1)C(C)(C)c1ccccc1-4)B23. The first-order chi connectivity index (χ1) is 28.4. The van der Waals surface area contributed by atoms with E-state index in [9.17, 15) is 0 Å². The lowest BCUT2D eigenvalue weighted by Gasteiger charge is -2.53. The van der Waals surface area contributed by atoms with Gasteiger partial charge in [-0.15, -0.1) is 0 Å². The Labute approximate surface area is 347 Å². The first-order valence-corrected chi connectivity index (χ1v) is 21.9. The zero-order valence-corrected chi connectivity index (χ0v) is 35.3. The first-order valence-electron chi connectivity index (χ1n) is 21.9. The van der Waals surface area contributed by atoms with Gasteiger partial charge < -0.3 is 14.1 Å². The minimum Gasteiger partial charge on any atom is -0.454 e. The molecule has 2 unspecified atom stereocenters. The normalized spacial score (nSPS) is 21.7. The van der Waals surface area contributed by atoms with E-state index in [1.165, 1.54) is 119 Å². The molecule has 4 heterocycles. The molecule has 0 bridgehead atoms. The zero-order valence-electron chi connectivity index (χ0n) is 35.3. The van der Waals surface area contributed by atoms with Gasteiger partial charge in [0.05, 0.1) is 11.2 Å². The van der Waals surface area contributed by atoms with Gasteiger partial charge in [0.2, 0.25) is 0 Å². The molecule has 0 N–H and O–H groups in total. The minimum atomic E-state index is -0.122. The first kappa shape index (κ1) is 34.2. The maximum absolute atomic E-state index is 7.19. The Bertz CT molecular complexity index is 3200. The Morgan fingerprint density at radius 1 is 0.610 bits per heavy atom. The summed E-state index contributed by atoms with van der Waals surface area (Å²) in [5.74, 6) is 0. The molecule has 5 aliphatic rings. The highest BCUT2D eigenvalue weighted by molar-refractivity contribution is 6.94. The maximum atomic E-state index is 7.19. The van der Waals surface area contributed by atoms with Gasteiger partial charge in [0, 0.05) is 44.2 Å². The average molecular weight is 765 g/mol. The third kappa shape index (κ3) is 4.06. The van der Waals surface area contributed by atoms with Crippen molar-refractivity contribution in [3.63, 3.8) is 0 Å². The van der Waals surface area contributed by atoms with Crippen molar-refractivity contribution < 1.29 is 4.42 Å². The molecular formula is C55H49BN2O. The van der Waals surface area contributed by atoms with Crippen LogP contribution in [0.2, 0.25) is 0 Å². The van der Waals surface area contributed by atoms with Gasteiger partial charge in [0.15, 0.2) is 5.58 Å². The molecule has 288 valence electrons. The van der Waals surface area contributed by atoms with E-state index in [1.807, 2.05) is 0 Å². The highest BCUT2D eigenvalue weighted by Crippen LogP contribution is 2.64. The van der Waals surface area contributed by atoms with E-state index in [4.69, 9.17) is 4.42 Å². The van der Waals surface area contributed by atoms with Gasteiger partial charge in [-0.3, -0.25) is 0 Å². The van der Waals surface area contributed by atoms with Gasteiger partial charge in [-0.1, -0.05) is 139 Å². The summed E-state index contributed by atoms with van der Waals surface area (Å²) in [5.41, 5.74) is 20.8. The van der Waals surface area contributed by atoms with Crippen LogP contribution in [-0.4, -0.2) is 12.4 Å². The van der Waals surface area contributed by atoms with Crippen molar-refractivity contribution in [2.45, 2.75) is 95.9 Å². The molecule has 59 heavy (non-hydrogen) atoms. The van der Waals surface area contributed by atoms with Crippen LogP contribution in [0.4, 0.5) is 22.7 Å². The number of anilines is 4. The minimum absolute atomic E-state index is 0.0247. The smallest absolute Gasteiger partial charge is 0.333 e. The number of fused-ring (bicyclic) bond motifs is 15. The van der Waals surface area contributed by atoms with Crippen LogP contribution >= 0.6 is 0 Å². The van der Waals surface area contributed by atoms with Crippen molar-refractivity contribution in [3.8, 4) is 22.3 Å². The lowest BCUT2D eigenvalue weighted by atomic mass is 9.43. The zero-order chi connectivity index (χ0) is 40.0. The summed E-state index contributed by atoms with van der Waals surface area (Å²) in [4.78, 5) is 5.59. The highest BCUT2D eigenvalue weighted by atomic mass is 16.3. The molecule has 7 aromatic carbocycles. The van der Waals surface area contributed by atoms with E-state index in [2.05, 4.69) is 180 Å². The average Bonchev–Trinajstić information content (AvgIpc) is 3.79. The van der Waals surface area contributed by atoms with Crippen molar-refractivity contribution >= 4 is 73.2 Å². The Morgan fingerprint density at radius 2 is 1.34 bits per heavy atom. The molecule has 2 atom stereocenters. The Morgan fingerprint density at radius 3 is 2.17 bits per heavy atom. The second-order valence-electron chi connectivity index (χ2n) is 20.4. The fourth-order valence-corrected chi connectivity index (χ4v) is 12.8. The molecule has 1 aromatic heterocycles. The quantitative estimate of drug-likeness (QED) is 0.155. The lowest BCUT2D eigenvalue weighted by molar-refractivity contribution is 0.195. The van der Waals surface area contributed by atoms with Crippen LogP contribution in [-0.2, 0) is 16.2 Å². The van der Waals surface area contributed by atoms with Crippen LogP contribution in [0.25, 0.3) is 55.0 Å². The molecule has 0 saturated heterocycles. The van der Waals surface area contributed by atoms with Crippen LogP contribution < -0.4 is 20.6 Å². The Balaban J connectivity index is 1.21. The maximum Gasteiger partial charge on any atom is 0.333 e. The molecule has 1 fully saturated rings. The molecule has 4 heteroatoms. The molecule has 3 nitrogen and oxygen atoms in total. The Hall–Kier alpha value is -5.74. The predicted octanol–water partition coefficient (Wildman–Crippen LogP) is 13.3. The summed E-state index contributed by atoms with van der Waals surface area (Å²) in [7, 11) is 0. The second-order valence-corrected chi connectivity index (χ2v) is 20.4. The number of nitrogens with zero attached hydrogens (tertiary/aromatic N) is 2. The number of rotatable bonds is 1. The summed E-state index contributed by atoms with van der Waals surface area (Å²) in [6, 6.07) is 46.7. The van der Waals surface area contributed by atoms with Crippen LogP contribution in [0.3, 0.4) is 0 Å². The van der Waals surface area contributed by atoms with Crippen molar-refractivity contribution in [1.29, 1.82) is 0 Å². The van der Waals surface area contributed by atoms with Gasteiger partial charge in [-0.05, 0) is 122 Å². The van der Waals surface area contributed by atoms with E-state index in [0.29, 0.717) is 0 Å². The number of benzene rings is 7. The van der Waals surface area contributed by atoms with Crippen LogP contribution in [0, 0.1) is 0 Å².